The molecule has 122 valence electrons. The third-order valence-electron chi connectivity index (χ3n) is 4.97. The van der Waals surface area contributed by atoms with Gasteiger partial charge in [0.05, 0.1) is 11.7 Å². The summed E-state index contributed by atoms with van der Waals surface area (Å²) >= 11 is 0. The van der Waals surface area contributed by atoms with Crippen molar-refractivity contribution in [2.45, 2.75) is 58.5 Å². The molecule has 2 heterocycles. The molecule has 0 bridgehead atoms. The number of pyridine rings is 1. The predicted octanol–water partition coefficient (Wildman–Crippen LogP) is 3.55. The summed E-state index contributed by atoms with van der Waals surface area (Å²) in [4.78, 5) is 7.27. The number of rotatable bonds is 6. The fraction of sp³-hybridized carbons (Fsp3) is 0.737. The Morgan fingerprint density at radius 3 is 2.55 bits per heavy atom. The van der Waals surface area contributed by atoms with Crippen LogP contribution in [0.15, 0.2) is 18.3 Å². The van der Waals surface area contributed by atoms with Gasteiger partial charge in [0.1, 0.15) is 0 Å². The molecule has 22 heavy (non-hydrogen) atoms. The molecule has 1 unspecified atom stereocenters. The Hall–Kier alpha value is -0.930. The average molecular weight is 301 g/mol. The van der Waals surface area contributed by atoms with Crippen LogP contribution in [0.25, 0.3) is 0 Å². The van der Waals surface area contributed by atoms with E-state index in [0.717, 1.165) is 11.8 Å². The topological polar surface area (TPSA) is 28.2 Å². The molecule has 0 amide bonds. The van der Waals surface area contributed by atoms with Gasteiger partial charge in [-0.2, -0.15) is 0 Å². The van der Waals surface area contributed by atoms with Crippen molar-refractivity contribution in [3.05, 3.63) is 29.6 Å². The Morgan fingerprint density at radius 1 is 1.23 bits per heavy atom. The molecule has 3 heteroatoms. The zero-order valence-corrected chi connectivity index (χ0v) is 14.4. The van der Waals surface area contributed by atoms with Gasteiger partial charge >= 0.3 is 0 Å². The third kappa shape index (κ3) is 4.30. The number of likely N-dealkylation sites (tertiary alicyclic amines) is 1. The quantitative estimate of drug-likeness (QED) is 0.871. The Balaban J connectivity index is 1.57. The van der Waals surface area contributed by atoms with Crippen LogP contribution in [0.1, 0.15) is 56.8 Å². The van der Waals surface area contributed by atoms with E-state index in [2.05, 4.69) is 48.1 Å². The number of hydrogen-bond donors (Lipinski definition) is 1. The van der Waals surface area contributed by atoms with Gasteiger partial charge < -0.3 is 10.2 Å². The second-order valence-corrected chi connectivity index (χ2v) is 7.71. The van der Waals surface area contributed by atoms with Crippen LogP contribution < -0.4 is 5.32 Å². The lowest BCUT2D eigenvalue weighted by molar-refractivity contribution is 0.171. The number of aryl methyl sites for hydroxylation is 1. The summed E-state index contributed by atoms with van der Waals surface area (Å²) < 4.78 is 0. The molecule has 1 aliphatic carbocycles. The molecule has 1 aromatic rings. The van der Waals surface area contributed by atoms with E-state index in [4.69, 9.17) is 0 Å². The number of nitrogens with zero attached hydrogens (tertiary/aromatic N) is 2. The largest absolute Gasteiger partial charge is 0.306 e. The lowest BCUT2D eigenvalue weighted by Crippen LogP contribution is -2.45. The molecule has 0 aromatic carbocycles. The molecular formula is C19H31N3. The van der Waals surface area contributed by atoms with Gasteiger partial charge in [0.15, 0.2) is 0 Å². The highest BCUT2D eigenvalue weighted by Crippen LogP contribution is 2.41. The van der Waals surface area contributed by atoms with Crippen LogP contribution in [0.4, 0.5) is 0 Å². The smallest absolute Gasteiger partial charge is 0.0578 e. The number of aromatic nitrogens is 1. The molecule has 1 saturated heterocycles. The first-order chi connectivity index (χ1) is 10.6. The van der Waals surface area contributed by atoms with Crippen molar-refractivity contribution in [3.63, 3.8) is 0 Å². The van der Waals surface area contributed by atoms with Crippen molar-refractivity contribution < 1.29 is 0 Å². The molecule has 0 radical (unpaired) electrons. The molecule has 3 rings (SSSR count). The van der Waals surface area contributed by atoms with Crippen LogP contribution >= 0.6 is 0 Å². The summed E-state index contributed by atoms with van der Waals surface area (Å²) in [5.41, 5.74) is 2.58. The van der Waals surface area contributed by atoms with Crippen LogP contribution in [-0.4, -0.2) is 35.6 Å². The van der Waals surface area contributed by atoms with E-state index in [1.165, 1.54) is 56.6 Å². The van der Waals surface area contributed by atoms with E-state index in [1.807, 2.05) is 6.20 Å². The van der Waals surface area contributed by atoms with Crippen LogP contribution in [0.5, 0.6) is 0 Å². The summed E-state index contributed by atoms with van der Waals surface area (Å²) in [5, 5.41) is 3.95. The summed E-state index contributed by atoms with van der Waals surface area (Å²) in [6.45, 7) is 10.5. The normalized spacial score (nSPS) is 22.2. The van der Waals surface area contributed by atoms with Crippen molar-refractivity contribution in [1.82, 2.24) is 15.2 Å². The molecular weight excluding hydrogens is 270 g/mol. The maximum Gasteiger partial charge on any atom is 0.0578 e. The van der Waals surface area contributed by atoms with Crippen LogP contribution in [-0.2, 0) is 0 Å². The second kappa shape index (κ2) is 7.10. The first-order valence-electron chi connectivity index (χ1n) is 9.03. The summed E-state index contributed by atoms with van der Waals surface area (Å²) in [5.74, 6) is 1.59. The molecule has 2 aliphatic rings. The van der Waals surface area contributed by atoms with Crippen molar-refractivity contribution in [2.24, 2.45) is 11.8 Å². The van der Waals surface area contributed by atoms with Crippen molar-refractivity contribution in [3.8, 4) is 0 Å². The highest BCUT2D eigenvalue weighted by molar-refractivity contribution is 5.19. The first-order valence-corrected chi connectivity index (χ1v) is 9.03. The standard InChI is InChI=1S/C19H31N3/c1-14(2)13-22-10-7-17(8-11-22)21-19(16-4-5-16)18-12-15(3)6-9-20-18/h6,9,12,14,16-17,19,21H,4-5,7-8,10-11,13H2,1-3H3. The molecule has 1 aliphatic heterocycles. The van der Waals surface area contributed by atoms with Gasteiger partial charge in [-0.15, -0.1) is 0 Å². The molecule has 0 spiro atoms. The molecule has 2 fully saturated rings. The van der Waals surface area contributed by atoms with Crippen LogP contribution in [0.3, 0.4) is 0 Å². The number of nitrogens with one attached hydrogen (secondary N) is 1. The molecule has 3 nitrogen and oxygen atoms in total. The highest BCUT2D eigenvalue weighted by atomic mass is 15.1. The van der Waals surface area contributed by atoms with Crippen molar-refractivity contribution >= 4 is 0 Å². The lowest BCUT2D eigenvalue weighted by Gasteiger charge is -2.35. The van der Waals surface area contributed by atoms with Gasteiger partial charge in [0.2, 0.25) is 0 Å². The first kappa shape index (κ1) is 15.9. The fourth-order valence-corrected chi connectivity index (χ4v) is 3.67. The average Bonchev–Trinajstić information content (AvgIpc) is 3.30. The summed E-state index contributed by atoms with van der Waals surface area (Å²) in [6, 6.07) is 5.50. The van der Waals surface area contributed by atoms with Crippen molar-refractivity contribution in [2.75, 3.05) is 19.6 Å². The van der Waals surface area contributed by atoms with Gasteiger partial charge in [-0.3, -0.25) is 4.98 Å². The third-order valence-corrected chi connectivity index (χ3v) is 4.97. The van der Waals surface area contributed by atoms with Gasteiger partial charge in [0, 0.05) is 18.8 Å². The van der Waals surface area contributed by atoms with Gasteiger partial charge in [-0.1, -0.05) is 13.8 Å². The summed E-state index contributed by atoms with van der Waals surface area (Å²) in [7, 11) is 0. The van der Waals surface area contributed by atoms with Crippen LogP contribution in [0.2, 0.25) is 0 Å². The Kier molecular flexibility index (Phi) is 5.14. The van der Waals surface area contributed by atoms with E-state index in [1.54, 1.807) is 0 Å². The highest BCUT2D eigenvalue weighted by Gasteiger charge is 2.35. The Bertz CT molecular complexity index is 473. The van der Waals surface area contributed by atoms with Gasteiger partial charge in [-0.25, -0.2) is 0 Å². The number of hydrogen-bond acceptors (Lipinski definition) is 3. The Labute approximate surface area is 135 Å². The van der Waals surface area contributed by atoms with E-state index in [0.29, 0.717) is 12.1 Å². The SMILES string of the molecule is Cc1ccnc(C(NC2CCN(CC(C)C)CC2)C2CC2)c1. The van der Waals surface area contributed by atoms with Gasteiger partial charge in [-0.05, 0) is 75.2 Å². The zero-order chi connectivity index (χ0) is 15.5. The number of piperidine rings is 1. The van der Waals surface area contributed by atoms with E-state index in [9.17, 15) is 0 Å². The monoisotopic (exact) mass is 301 g/mol. The minimum Gasteiger partial charge on any atom is -0.306 e. The molecule has 1 aromatic heterocycles. The molecule has 1 saturated carbocycles. The minimum atomic E-state index is 0.474. The van der Waals surface area contributed by atoms with E-state index < -0.39 is 0 Å². The Morgan fingerprint density at radius 2 is 1.95 bits per heavy atom. The molecule has 1 atom stereocenters. The molecule has 1 N–H and O–H groups in total. The fourth-order valence-electron chi connectivity index (χ4n) is 3.67. The maximum absolute atomic E-state index is 4.65. The van der Waals surface area contributed by atoms with Gasteiger partial charge in [0.25, 0.3) is 0 Å². The lowest BCUT2D eigenvalue weighted by atomic mass is 9.99. The zero-order valence-electron chi connectivity index (χ0n) is 14.4. The maximum atomic E-state index is 4.65. The summed E-state index contributed by atoms with van der Waals surface area (Å²) in [6.07, 6.45) is 7.25. The van der Waals surface area contributed by atoms with E-state index >= 15 is 0 Å². The predicted molar refractivity (Wildman–Crippen MR) is 91.9 cm³/mol. The van der Waals surface area contributed by atoms with E-state index in [-0.39, 0.29) is 0 Å². The second-order valence-electron chi connectivity index (χ2n) is 7.71. The van der Waals surface area contributed by atoms with Crippen molar-refractivity contribution in [1.29, 1.82) is 0 Å². The van der Waals surface area contributed by atoms with Crippen LogP contribution in [0, 0.1) is 18.8 Å². The minimum absolute atomic E-state index is 0.474.